The summed E-state index contributed by atoms with van der Waals surface area (Å²) in [5, 5.41) is 4.01. The molecule has 0 radical (unpaired) electrons. The number of aromatic nitrogens is 3. The molecule has 2 rings (SSSR count). The van der Waals surface area contributed by atoms with Crippen molar-refractivity contribution >= 4 is 21.6 Å². The van der Waals surface area contributed by atoms with E-state index in [0.717, 1.165) is 4.47 Å². The Morgan fingerprint density at radius 3 is 3.08 bits per heavy atom. The Labute approximate surface area is 76.6 Å². The van der Waals surface area contributed by atoms with Gasteiger partial charge < -0.3 is 0 Å². The predicted octanol–water partition coefficient (Wildman–Crippen LogP) is 0.795. The lowest BCUT2D eigenvalue weighted by Crippen LogP contribution is -2.17. The molecular formula is C7H6BrN3O. The average Bonchev–Trinajstić information content (AvgIpc) is 2.28. The summed E-state index contributed by atoms with van der Waals surface area (Å²) in [7, 11) is 1.63. The number of halogens is 1. The van der Waals surface area contributed by atoms with Crippen LogP contribution < -0.4 is 5.69 Å². The van der Waals surface area contributed by atoms with Gasteiger partial charge in [0.15, 0.2) is 5.65 Å². The topological polar surface area (TPSA) is 39.3 Å². The zero-order chi connectivity index (χ0) is 8.72. The van der Waals surface area contributed by atoms with Crippen molar-refractivity contribution in [3.63, 3.8) is 0 Å². The van der Waals surface area contributed by atoms with E-state index in [1.54, 1.807) is 25.4 Å². The van der Waals surface area contributed by atoms with Crippen molar-refractivity contribution in [1.82, 2.24) is 14.2 Å². The summed E-state index contributed by atoms with van der Waals surface area (Å²) in [5.74, 6) is 0. The summed E-state index contributed by atoms with van der Waals surface area (Å²) in [6.45, 7) is 0. The Bertz CT molecular complexity index is 485. The lowest BCUT2D eigenvalue weighted by molar-refractivity contribution is 0.733. The number of fused-ring (bicyclic) bond motifs is 1. The molecule has 62 valence electrons. The molecule has 2 heterocycles. The van der Waals surface area contributed by atoms with Crippen molar-refractivity contribution in [3.05, 3.63) is 33.3 Å². The maximum Gasteiger partial charge on any atom is 0.350 e. The molecule has 5 heteroatoms. The molecule has 0 saturated carbocycles. The molecule has 0 aliphatic rings. The fraction of sp³-hybridized carbons (Fsp3) is 0.143. The van der Waals surface area contributed by atoms with E-state index in [0.29, 0.717) is 5.65 Å². The van der Waals surface area contributed by atoms with Gasteiger partial charge in [-0.1, -0.05) is 15.9 Å². The normalized spacial score (nSPS) is 10.8. The molecule has 0 spiro atoms. The largest absolute Gasteiger partial charge is 0.350 e. The first-order valence-corrected chi connectivity index (χ1v) is 4.19. The van der Waals surface area contributed by atoms with Crippen molar-refractivity contribution < 1.29 is 0 Å². The molecule has 2 aromatic rings. The molecular weight excluding hydrogens is 222 g/mol. The van der Waals surface area contributed by atoms with E-state index in [-0.39, 0.29) is 5.69 Å². The van der Waals surface area contributed by atoms with E-state index in [4.69, 9.17) is 0 Å². The molecule has 0 atom stereocenters. The van der Waals surface area contributed by atoms with Gasteiger partial charge in [-0.3, -0.25) is 4.40 Å². The highest BCUT2D eigenvalue weighted by Crippen LogP contribution is 2.09. The summed E-state index contributed by atoms with van der Waals surface area (Å²) in [6, 6.07) is 3.59. The van der Waals surface area contributed by atoms with Crippen LogP contribution >= 0.6 is 15.9 Å². The number of nitrogens with zero attached hydrogens (tertiary/aromatic N) is 3. The Kier molecular flexibility index (Phi) is 1.54. The number of hydrogen-bond donors (Lipinski definition) is 0. The summed E-state index contributed by atoms with van der Waals surface area (Å²) in [6.07, 6.45) is 1.69. The zero-order valence-electron chi connectivity index (χ0n) is 6.36. The second-order valence-electron chi connectivity index (χ2n) is 2.48. The van der Waals surface area contributed by atoms with E-state index in [1.165, 1.54) is 9.08 Å². The molecule has 0 N–H and O–H groups in total. The zero-order valence-corrected chi connectivity index (χ0v) is 7.95. The molecule has 0 saturated heterocycles. The molecule has 0 aliphatic heterocycles. The number of pyridine rings is 1. The van der Waals surface area contributed by atoms with Crippen LogP contribution in [0.2, 0.25) is 0 Å². The quantitative estimate of drug-likeness (QED) is 0.668. The van der Waals surface area contributed by atoms with E-state index < -0.39 is 0 Å². The Morgan fingerprint density at radius 2 is 2.33 bits per heavy atom. The number of rotatable bonds is 0. The van der Waals surface area contributed by atoms with Crippen LogP contribution in [0.4, 0.5) is 0 Å². The van der Waals surface area contributed by atoms with Crippen LogP contribution in [0.15, 0.2) is 27.6 Å². The summed E-state index contributed by atoms with van der Waals surface area (Å²) in [5.41, 5.74) is 0.523. The van der Waals surface area contributed by atoms with Gasteiger partial charge in [0.05, 0.1) is 0 Å². The Hall–Kier alpha value is -1.10. The van der Waals surface area contributed by atoms with E-state index in [9.17, 15) is 4.79 Å². The fourth-order valence-electron chi connectivity index (χ4n) is 1.05. The van der Waals surface area contributed by atoms with Crippen molar-refractivity contribution in [2.75, 3.05) is 0 Å². The van der Waals surface area contributed by atoms with Crippen LogP contribution in [-0.4, -0.2) is 14.2 Å². The van der Waals surface area contributed by atoms with Gasteiger partial charge in [0, 0.05) is 17.7 Å². The highest BCUT2D eigenvalue weighted by molar-refractivity contribution is 9.10. The Balaban J connectivity index is 2.97. The first-order chi connectivity index (χ1) is 5.68. The summed E-state index contributed by atoms with van der Waals surface area (Å²) >= 11 is 3.30. The molecule has 0 aliphatic carbocycles. The van der Waals surface area contributed by atoms with Crippen LogP contribution in [0.1, 0.15) is 0 Å². The van der Waals surface area contributed by atoms with Crippen molar-refractivity contribution in [3.8, 4) is 0 Å². The third-order valence-electron chi connectivity index (χ3n) is 1.63. The summed E-state index contributed by atoms with van der Waals surface area (Å²) in [4.78, 5) is 11.3. The molecule has 0 amide bonds. The molecule has 0 aromatic carbocycles. The van der Waals surface area contributed by atoms with Crippen molar-refractivity contribution in [1.29, 1.82) is 0 Å². The fourth-order valence-corrected chi connectivity index (χ4v) is 1.38. The molecule has 0 bridgehead atoms. The number of aryl methyl sites for hydroxylation is 1. The van der Waals surface area contributed by atoms with Gasteiger partial charge in [0.2, 0.25) is 0 Å². The van der Waals surface area contributed by atoms with Crippen LogP contribution in [-0.2, 0) is 7.05 Å². The van der Waals surface area contributed by atoms with Crippen LogP contribution in [0.25, 0.3) is 5.65 Å². The van der Waals surface area contributed by atoms with Gasteiger partial charge in [-0.05, 0) is 12.1 Å². The van der Waals surface area contributed by atoms with Gasteiger partial charge >= 0.3 is 5.69 Å². The minimum atomic E-state index is -0.127. The van der Waals surface area contributed by atoms with E-state index >= 15 is 0 Å². The minimum Gasteiger partial charge on any atom is -0.250 e. The second kappa shape index (κ2) is 2.45. The van der Waals surface area contributed by atoms with Crippen LogP contribution in [0.3, 0.4) is 0 Å². The first-order valence-electron chi connectivity index (χ1n) is 3.39. The Morgan fingerprint density at radius 1 is 1.58 bits per heavy atom. The maximum atomic E-state index is 11.3. The van der Waals surface area contributed by atoms with Crippen LogP contribution in [0.5, 0.6) is 0 Å². The average molecular weight is 228 g/mol. The van der Waals surface area contributed by atoms with Gasteiger partial charge in [-0.2, -0.15) is 5.10 Å². The van der Waals surface area contributed by atoms with Gasteiger partial charge in [-0.15, -0.1) is 0 Å². The second-order valence-corrected chi connectivity index (χ2v) is 3.40. The molecule has 2 aromatic heterocycles. The van der Waals surface area contributed by atoms with Crippen LogP contribution in [0, 0.1) is 0 Å². The maximum absolute atomic E-state index is 11.3. The highest BCUT2D eigenvalue weighted by atomic mass is 79.9. The number of hydrogen-bond acceptors (Lipinski definition) is 2. The van der Waals surface area contributed by atoms with Gasteiger partial charge in [0.1, 0.15) is 0 Å². The minimum absolute atomic E-state index is 0.127. The lowest BCUT2D eigenvalue weighted by atomic mass is 10.5. The lowest BCUT2D eigenvalue weighted by Gasteiger charge is -1.89. The highest BCUT2D eigenvalue weighted by Gasteiger charge is 2.01. The standard InChI is InChI=1S/C7H6BrN3O/c1-10-7(12)11-3-2-5(8)4-6(11)9-10/h2-4H,1H3. The van der Waals surface area contributed by atoms with Crippen molar-refractivity contribution in [2.24, 2.45) is 7.05 Å². The first kappa shape index (κ1) is 7.54. The molecule has 0 fully saturated rings. The van der Waals surface area contributed by atoms with Gasteiger partial charge in [-0.25, -0.2) is 9.48 Å². The van der Waals surface area contributed by atoms with E-state index in [2.05, 4.69) is 21.0 Å². The molecule has 4 nitrogen and oxygen atoms in total. The monoisotopic (exact) mass is 227 g/mol. The third-order valence-corrected chi connectivity index (χ3v) is 2.13. The SMILES string of the molecule is Cn1nc2cc(Br)ccn2c1=O. The van der Waals surface area contributed by atoms with Crippen molar-refractivity contribution in [2.45, 2.75) is 0 Å². The smallest absolute Gasteiger partial charge is 0.250 e. The van der Waals surface area contributed by atoms with Gasteiger partial charge in [0.25, 0.3) is 0 Å². The predicted molar refractivity (Wildman–Crippen MR) is 48.1 cm³/mol. The van der Waals surface area contributed by atoms with E-state index in [1.807, 2.05) is 0 Å². The third kappa shape index (κ3) is 0.972. The molecule has 12 heavy (non-hydrogen) atoms. The summed E-state index contributed by atoms with van der Waals surface area (Å²) < 4.78 is 3.72. The molecule has 0 unspecified atom stereocenters.